The van der Waals surface area contributed by atoms with Crippen molar-refractivity contribution in [2.75, 3.05) is 0 Å². The van der Waals surface area contributed by atoms with Crippen LogP contribution in [0, 0.1) is 0 Å². The van der Waals surface area contributed by atoms with Crippen molar-refractivity contribution in [3.63, 3.8) is 0 Å². The molecule has 0 aliphatic heterocycles. The van der Waals surface area contributed by atoms with Crippen LogP contribution in [0.1, 0.15) is 6.92 Å². The largest absolute Gasteiger partial charge is 0.319 e. The molecule has 1 aliphatic rings. The molecule has 62 valence electrons. The van der Waals surface area contributed by atoms with E-state index in [2.05, 4.69) is 23.6 Å². The third-order valence-electron chi connectivity index (χ3n) is 1.90. The number of nitrogens with two attached hydrogens (primary N) is 1. The second-order valence-electron chi connectivity index (χ2n) is 3.28. The van der Waals surface area contributed by atoms with Crippen LogP contribution in [0.15, 0.2) is 23.6 Å². The maximum Gasteiger partial charge on any atom is 0.0508 e. The van der Waals surface area contributed by atoms with E-state index in [1.165, 1.54) is 9.75 Å². The van der Waals surface area contributed by atoms with E-state index in [4.69, 9.17) is 5.73 Å². The van der Waals surface area contributed by atoms with Gasteiger partial charge in [0, 0.05) is 4.53 Å². The quantitative estimate of drug-likeness (QED) is 0.617. The predicted octanol–water partition coefficient (Wildman–Crippen LogP) is 0.596. The molecule has 12 heavy (non-hydrogen) atoms. The molecule has 0 radical (unpaired) electrons. The lowest BCUT2D eigenvalue weighted by atomic mass is 10.0. The van der Waals surface area contributed by atoms with E-state index in [1.807, 2.05) is 19.1 Å². The second kappa shape index (κ2) is 2.57. The van der Waals surface area contributed by atoms with Crippen LogP contribution >= 0.6 is 11.3 Å². The maximum absolute atomic E-state index is 5.99. The Bertz CT molecular complexity index is 423. The first-order valence-corrected chi connectivity index (χ1v) is 4.80. The van der Waals surface area contributed by atoms with Gasteiger partial charge in [-0.25, -0.2) is 0 Å². The van der Waals surface area contributed by atoms with Crippen molar-refractivity contribution in [1.29, 1.82) is 0 Å². The summed E-state index contributed by atoms with van der Waals surface area (Å²) in [6.07, 6.45) is 8.24. The van der Waals surface area contributed by atoms with Gasteiger partial charge in [-0.15, -0.1) is 11.3 Å². The number of thiophene rings is 1. The third kappa shape index (κ3) is 1.36. The molecule has 2 heteroatoms. The minimum absolute atomic E-state index is 0.303. The van der Waals surface area contributed by atoms with Crippen molar-refractivity contribution in [3.8, 4) is 0 Å². The highest BCUT2D eigenvalue weighted by Crippen LogP contribution is 2.04. The van der Waals surface area contributed by atoms with Gasteiger partial charge in [0.15, 0.2) is 0 Å². The number of hydrogen-bond donors (Lipinski definition) is 1. The summed E-state index contributed by atoms with van der Waals surface area (Å²) in [5.41, 5.74) is 5.69. The first-order chi connectivity index (χ1) is 5.67. The molecule has 2 rings (SSSR count). The highest BCUT2D eigenvalue weighted by atomic mass is 32.1. The average molecular weight is 177 g/mol. The molecule has 0 spiro atoms. The molecule has 1 nitrogen and oxygen atoms in total. The summed E-state index contributed by atoms with van der Waals surface area (Å²) in [5.74, 6) is 0. The van der Waals surface area contributed by atoms with E-state index in [9.17, 15) is 0 Å². The molecule has 1 aliphatic carbocycles. The summed E-state index contributed by atoms with van der Waals surface area (Å²) in [6.45, 7) is 2.00. The van der Waals surface area contributed by atoms with Crippen molar-refractivity contribution < 1.29 is 0 Å². The minimum Gasteiger partial charge on any atom is -0.319 e. The Kier molecular flexibility index (Phi) is 1.67. The van der Waals surface area contributed by atoms with E-state index < -0.39 is 0 Å². The van der Waals surface area contributed by atoms with Gasteiger partial charge >= 0.3 is 0 Å². The van der Waals surface area contributed by atoms with Gasteiger partial charge in [-0.3, -0.25) is 0 Å². The summed E-state index contributed by atoms with van der Waals surface area (Å²) >= 11 is 1.75. The van der Waals surface area contributed by atoms with Crippen LogP contribution < -0.4 is 15.5 Å². The Morgan fingerprint density at radius 3 is 3.17 bits per heavy atom. The minimum atomic E-state index is -0.303. The van der Waals surface area contributed by atoms with Crippen molar-refractivity contribution in [2.24, 2.45) is 5.73 Å². The molecule has 0 fully saturated rings. The van der Waals surface area contributed by atoms with Crippen LogP contribution in [0.5, 0.6) is 0 Å². The maximum atomic E-state index is 5.99. The standard InChI is InChI=1S/C10H11NS/c1-10(11)5-2-3-9-8(7-10)4-6-12-9/h2-7H,11H2,1H3. The first-order valence-electron chi connectivity index (χ1n) is 3.92. The van der Waals surface area contributed by atoms with Gasteiger partial charge in [0.2, 0.25) is 0 Å². The van der Waals surface area contributed by atoms with Crippen LogP contribution in [-0.2, 0) is 0 Å². The van der Waals surface area contributed by atoms with Gasteiger partial charge in [-0.1, -0.05) is 18.2 Å². The number of rotatable bonds is 0. The Morgan fingerprint density at radius 1 is 1.50 bits per heavy atom. The van der Waals surface area contributed by atoms with Crippen LogP contribution in [0.4, 0.5) is 0 Å². The van der Waals surface area contributed by atoms with E-state index in [-0.39, 0.29) is 5.54 Å². The molecule has 0 saturated carbocycles. The van der Waals surface area contributed by atoms with Crippen LogP contribution in [0.25, 0.3) is 12.2 Å². The molecule has 1 atom stereocenters. The molecular formula is C10H11NS. The van der Waals surface area contributed by atoms with Crippen LogP contribution in [0.2, 0.25) is 0 Å². The molecule has 0 saturated heterocycles. The molecule has 1 heterocycles. The first kappa shape index (κ1) is 7.77. The summed E-state index contributed by atoms with van der Waals surface area (Å²) in [7, 11) is 0. The van der Waals surface area contributed by atoms with Gasteiger partial charge in [0.25, 0.3) is 0 Å². The Balaban J connectivity index is 2.75. The molecule has 0 amide bonds. The van der Waals surface area contributed by atoms with Crippen LogP contribution in [0.3, 0.4) is 0 Å². The van der Waals surface area contributed by atoms with E-state index >= 15 is 0 Å². The lowest BCUT2D eigenvalue weighted by molar-refractivity contribution is 0.778. The number of allylic oxidation sites excluding steroid dienone is 1. The van der Waals surface area contributed by atoms with Crippen molar-refractivity contribution in [2.45, 2.75) is 12.5 Å². The lowest BCUT2D eigenvalue weighted by Crippen LogP contribution is -2.33. The Morgan fingerprint density at radius 2 is 2.33 bits per heavy atom. The van der Waals surface area contributed by atoms with E-state index in [0.717, 1.165) is 0 Å². The zero-order valence-corrected chi connectivity index (χ0v) is 7.77. The molecule has 1 aromatic heterocycles. The van der Waals surface area contributed by atoms with Gasteiger partial charge in [-0.2, -0.15) is 0 Å². The number of fused-ring (bicyclic) bond motifs is 1. The molecule has 2 N–H and O–H groups in total. The molecule has 0 bridgehead atoms. The zero-order chi connectivity index (χ0) is 8.60. The van der Waals surface area contributed by atoms with Gasteiger partial charge in [0.1, 0.15) is 0 Å². The molecule has 0 aromatic carbocycles. The monoisotopic (exact) mass is 177 g/mol. The summed E-state index contributed by atoms with van der Waals surface area (Å²) < 4.78 is 1.29. The molecule has 1 unspecified atom stereocenters. The average Bonchev–Trinajstić information content (AvgIpc) is 2.31. The van der Waals surface area contributed by atoms with Gasteiger partial charge in [0.05, 0.1) is 5.54 Å². The topological polar surface area (TPSA) is 26.0 Å². The lowest BCUT2D eigenvalue weighted by Gasteiger charge is -2.12. The smallest absolute Gasteiger partial charge is 0.0508 e. The molecular weight excluding hydrogens is 166 g/mol. The van der Waals surface area contributed by atoms with Crippen LogP contribution in [-0.4, -0.2) is 5.54 Å². The van der Waals surface area contributed by atoms with Crippen molar-refractivity contribution in [1.82, 2.24) is 0 Å². The van der Waals surface area contributed by atoms with Gasteiger partial charge in [-0.05, 0) is 29.7 Å². The zero-order valence-electron chi connectivity index (χ0n) is 6.95. The predicted molar refractivity (Wildman–Crippen MR) is 54.2 cm³/mol. The SMILES string of the molecule is CC1(N)C=CC=c2sccc2=C1. The van der Waals surface area contributed by atoms with Crippen molar-refractivity contribution in [3.05, 3.63) is 33.3 Å². The normalized spacial score (nSPS) is 26.8. The van der Waals surface area contributed by atoms with E-state index in [1.54, 1.807) is 11.3 Å². The fraction of sp³-hybridized carbons (Fsp3) is 0.200. The summed E-state index contributed by atoms with van der Waals surface area (Å²) in [6, 6.07) is 2.11. The highest BCUT2D eigenvalue weighted by molar-refractivity contribution is 7.07. The van der Waals surface area contributed by atoms with Crippen molar-refractivity contribution >= 4 is 23.5 Å². The van der Waals surface area contributed by atoms with E-state index in [0.29, 0.717) is 0 Å². The highest BCUT2D eigenvalue weighted by Gasteiger charge is 2.10. The Labute approximate surface area is 75.5 Å². The number of hydrogen-bond acceptors (Lipinski definition) is 2. The third-order valence-corrected chi connectivity index (χ3v) is 2.79. The Hall–Kier alpha value is -0.860. The van der Waals surface area contributed by atoms with Gasteiger partial charge < -0.3 is 5.73 Å². The second-order valence-corrected chi connectivity index (χ2v) is 4.22. The fourth-order valence-electron chi connectivity index (χ4n) is 1.31. The molecule has 1 aromatic rings. The summed E-state index contributed by atoms with van der Waals surface area (Å²) in [5, 5.41) is 3.34. The summed E-state index contributed by atoms with van der Waals surface area (Å²) in [4.78, 5) is 0. The fourth-order valence-corrected chi connectivity index (χ4v) is 2.09.